The van der Waals surface area contributed by atoms with E-state index in [0.717, 1.165) is 11.1 Å². The molecule has 19 heavy (non-hydrogen) atoms. The summed E-state index contributed by atoms with van der Waals surface area (Å²) in [5.74, 6) is -0.848. The molecule has 1 N–H and O–H groups in total. The molecule has 0 aliphatic carbocycles. The highest BCUT2D eigenvalue weighted by Crippen LogP contribution is 2.24. The van der Waals surface area contributed by atoms with Crippen LogP contribution in [0.1, 0.15) is 6.92 Å². The molecular weight excluding hydrogens is 247 g/mol. The molecule has 0 heterocycles. The van der Waals surface area contributed by atoms with E-state index in [4.69, 9.17) is 9.84 Å². The van der Waals surface area contributed by atoms with Crippen molar-refractivity contribution < 1.29 is 19.0 Å². The average Bonchev–Trinajstić information content (AvgIpc) is 2.39. The number of carbonyl (C=O) groups is 1. The van der Waals surface area contributed by atoms with Gasteiger partial charge in [0.25, 0.3) is 0 Å². The standard InChI is InChI=1S/C15H13FO3/c1-10(15(17)18)19-14-4-2-3-12(9-14)11-5-7-13(16)8-6-11/h2-10H,1H3,(H,17,18). The van der Waals surface area contributed by atoms with Gasteiger partial charge in [0.2, 0.25) is 0 Å². The molecule has 0 amide bonds. The lowest BCUT2D eigenvalue weighted by Crippen LogP contribution is -2.22. The van der Waals surface area contributed by atoms with Crippen molar-refractivity contribution in [2.24, 2.45) is 0 Å². The molecule has 0 aliphatic rings. The van der Waals surface area contributed by atoms with Gasteiger partial charge in [-0.3, -0.25) is 0 Å². The Kier molecular flexibility index (Phi) is 3.80. The van der Waals surface area contributed by atoms with E-state index in [0.29, 0.717) is 5.75 Å². The lowest BCUT2D eigenvalue weighted by atomic mass is 10.1. The summed E-state index contributed by atoms with van der Waals surface area (Å²) in [6, 6.07) is 13.1. The largest absolute Gasteiger partial charge is 0.479 e. The topological polar surface area (TPSA) is 46.5 Å². The number of benzene rings is 2. The molecule has 0 saturated heterocycles. The molecule has 2 rings (SSSR count). The highest BCUT2D eigenvalue weighted by molar-refractivity contribution is 5.72. The van der Waals surface area contributed by atoms with Gasteiger partial charge >= 0.3 is 5.97 Å². The predicted octanol–water partition coefficient (Wildman–Crippen LogP) is 3.34. The third-order valence-corrected chi connectivity index (χ3v) is 2.67. The predicted molar refractivity (Wildman–Crippen MR) is 69.6 cm³/mol. The first-order valence-corrected chi connectivity index (χ1v) is 5.82. The first-order chi connectivity index (χ1) is 9.06. The first kappa shape index (κ1) is 13.1. The van der Waals surface area contributed by atoms with Crippen LogP contribution >= 0.6 is 0 Å². The molecule has 1 atom stereocenters. The molecule has 0 radical (unpaired) electrons. The van der Waals surface area contributed by atoms with Crippen molar-refractivity contribution in [3.05, 3.63) is 54.3 Å². The average molecular weight is 260 g/mol. The van der Waals surface area contributed by atoms with Gasteiger partial charge in [-0.2, -0.15) is 0 Å². The van der Waals surface area contributed by atoms with Crippen LogP contribution in [0.4, 0.5) is 4.39 Å². The number of carboxylic acid groups (broad SMARTS) is 1. The quantitative estimate of drug-likeness (QED) is 0.917. The molecule has 0 spiro atoms. The van der Waals surface area contributed by atoms with E-state index in [1.54, 1.807) is 30.3 Å². The van der Waals surface area contributed by atoms with E-state index in [2.05, 4.69) is 0 Å². The Morgan fingerprint density at radius 3 is 2.47 bits per heavy atom. The number of halogens is 1. The Morgan fingerprint density at radius 1 is 1.16 bits per heavy atom. The van der Waals surface area contributed by atoms with Gasteiger partial charge in [0.1, 0.15) is 11.6 Å². The van der Waals surface area contributed by atoms with Gasteiger partial charge < -0.3 is 9.84 Å². The van der Waals surface area contributed by atoms with Crippen molar-refractivity contribution in [1.29, 1.82) is 0 Å². The monoisotopic (exact) mass is 260 g/mol. The van der Waals surface area contributed by atoms with Crippen molar-refractivity contribution in [3.63, 3.8) is 0 Å². The number of carboxylic acids is 1. The third kappa shape index (κ3) is 3.31. The number of aliphatic carboxylic acids is 1. The fourth-order valence-corrected chi connectivity index (χ4v) is 1.65. The number of hydrogen-bond donors (Lipinski definition) is 1. The van der Waals surface area contributed by atoms with Crippen molar-refractivity contribution >= 4 is 5.97 Å². The van der Waals surface area contributed by atoms with Crippen LogP contribution in [0.3, 0.4) is 0 Å². The molecule has 2 aromatic carbocycles. The van der Waals surface area contributed by atoms with E-state index in [1.807, 2.05) is 6.07 Å². The maximum absolute atomic E-state index is 12.9. The van der Waals surface area contributed by atoms with Gasteiger partial charge in [-0.1, -0.05) is 24.3 Å². The molecule has 0 fully saturated rings. The van der Waals surface area contributed by atoms with Crippen LogP contribution in [0.15, 0.2) is 48.5 Å². The van der Waals surface area contributed by atoms with Crippen LogP contribution in [-0.2, 0) is 4.79 Å². The van der Waals surface area contributed by atoms with Crippen LogP contribution in [0.5, 0.6) is 5.75 Å². The summed E-state index contributed by atoms with van der Waals surface area (Å²) >= 11 is 0. The molecule has 1 unspecified atom stereocenters. The summed E-state index contributed by atoms with van der Waals surface area (Å²) in [6.45, 7) is 1.47. The van der Waals surface area contributed by atoms with E-state index in [-0.39, 0.29) is 5.82 Å². The van der Waals surface area contributed by atoms with Gasteiger partial charge in [-0.25, -0.2) is 9.18 Å². The second-order valence-corrected chi connectivity index (χ2v) is 4.13. The maximum Gasteiger partial charge on any atom is 0.344 e. The first-order valence-electron chi connectivity index (χ1n) is 5.82. The van der Waals surface area contributed by atoms with Gasteiger partial charge in [0.15, 0.2) is 6.10 Å². The summed E-state index contributed by atoms with van der Waals surface area (Å²) in [5, 5.41) is 8.79. The Morgan fingerprint density at radius 2 is 1.84 bits per heavy atom. The van der Waals surface area contributed by atoms with E-state index in [1.165, 1.54) is 19.1 Å². The summed E-state index contributed by atoms with van der Waals surface area (Å²) in [5.41, 5.74) is 1.69. The Bertz CT molecular complexity index is 578. The Labute approximate surface area is 110 Å². The molecule has 0 saturated carbocycles. The molecule has 4 heteroatoms. The second kappa shape index (κ2) is 5.52. The van der Waals surface area contributed by atoms with Crippen LogP contribution in [0.25, 0.3) is 11.1 Å². The van der Waals surface area contributed by atoms with Gasteiger partial charge in [-0.05, 0) is 42.3 Å². The summed E-state index contributed by atoms with van der Waals surface area (Å²) in [7, 11) is 0. The fourth-order valence-electron chi connectivity index (χ4n) is 1.65. The van der Waals surface area contributed by atoms with Crippen LogP contribution in [0, 0.1) is 5.82 Å². The summed E-state index contributed by atoms with van der Waals surface area (Å²) < 4.78 is 18.1. The van der Waals surface area contributed by atoms with Gasteiger partial charge in [0.05, 0.1) is 0 Å². The lowest BCUT2D eigenvalue weighted by molar-refractivity contribution is -0.144. The zero-order valence-electron chi connectivity index (χ0n) is 10.3. The minimum Gasteiger partial charge on any atom is -0.479 e. The minimum absolute atomic E-state index is 0.296. The minimum atomic E-state index is -1.02. The Balaban J connectivity index is 2.24. The molecule has 2 aromatic rings. The van der Waals surface area contributed by atoms with E-state index < -0.39 is 12.1 Å². The van der Waals surface area contributed by atoms with Crippen LogP contribution in [0.2, 0.25) is 0 Å². The Hall–Kier alpha value is -2.36. The zero-order chi connectivity index (χ0) is 13.8. The van der Waals surface area contributed by atoms with Crippen LogP contribution in [-0.4, -0.2) is 17.2 Å². The zero-order valence-corrected chi connectivity index (χ0v) is 10.3. The van der Waals surface area contributed by atoms with Crippen molar-refractivity contribution in [3.8, 4) is 16.9 Å². The SMILES string of the molecule is CC(Oc1cccc(-c2ccc(F)cc2)c1)C(=O)O. The van der Waals surface area contributed by atoms with Gasteiger partial charge in [0, 0.05) is 0 Å². The van der Waals surface area contributed by atoms with Gasteiger partial charge in [-0.15, -0.1) is 0 Å². The molecule has 3 nitrogen and oxygen atoms in total. The lowest BCUT2D eigenvalue weighted by Gasteiger charge is -2.11. The van der Waals surface area contributed by atoms with E-state index in [9.17, 15) is 9.18 Å². The normalized spacial score (nSPS) is 11.9. The molecule has 0 bridgehead atoms. The molecule has 0 aromatic heterocycles. The van der Waals surface area contributed by atoms with Crippen molar-refractivity contribution in [2.75, 3.05) is 0 Å². The molecular formula is C15H13FO3. The maximum atomic E-state index is 12.9. The molecule has 0 aliphatic heterocycles. The van der Waals surface area contributed by atoms with E-state index >= 15 is 0 Å². The summed E-state index contributed by atoms with van der Waals surface area (Å²) in [6.07, 6.45) is -0.913. The number of hydrogen-bond acceptors (Lipinski definition) is 2. The number of ether oxygens (including phenoxy) is 1. The number of rotatable bonds is 4. The fraction of sp³-hybridized carbons (Fsp3) is 0.133. The smallest absolute Gasteiger partial charge is 0.344 e. The highest BCUT2D eigenvalue weighted by Gasteiger charge is 2.12. The second-order valence-electron chi connectivity index (χ2n) is 4.13. The third-order valence-electron chi connectivity index (χ3n) is 2.67. The summed E-state index contributed by atoms with van der Waals surface area (Å²) in [4.78, 5) is 10.7. The van der Waals surface area contributed by atoms with Crippen molar-refractivity contribution in [2.45, 2.75) is 13.0 Å². The van der Waals surface area contributed by atoms with Crippen molar-refractivity contribution in [1.82, 2.24) is 0 Å². The highest BCUT2D eigenvalue weighted by atomic mass is 19.1. The van der Waals surface area contributed by atoms with Crippen LogP contribution < -0.4 is 4.74 Å². The molecule has 98 valence electrons.